The number of halogens is 1. The van der Waals surface area contributed by atoms with Crippen molar-refractivity contribution in [1.29, 1.82) is 0 Å². The van der Waals surface area contributed by atoms with Crippen molar-refractivity contribution in [2.75, 3.05) is 0 Å². The number of aliphatic hydroxyl groups is 1. The van der Waals surface area contributed by atoms with Crippen LogP contribution in [0.15, 0.2) is 0 Å². The Morgan fingerprint density at radius 1 is 1.60 bits per heavy atom. The molecule has 0 bridgehead atoms. The first-order valence-electron chi connectivity index (χ1n) is 3.34. The summed E-state index contributed by atoms with van der Waals surface area (Å²) in [5.41, 5.74) is 0. The smallest absolute Gasteiger partial charge is 0.280 e. The highest BCUT2D eigenvalue weighted by molar-refractivity contribution is 14.1. The van der Waals surface area contributed by atoms with Gasteiger partial charge in [0.1, 0.15) is 0 Å². The van der Waals surface area contributed by atoms with Crippen molar-refractivity contribution < 1.29 is 9.90 Å². The van der Waals surface area contributed by atoms with Gasteiger partial charge in [-0.2, -0.15) is 0 Å². The molecule has 0 aromatic carbocycles. The van der Waals surface area contributed by atoms with Crippen LogP contribution in [0.2, 0.25) is 0 Å². The van der Waals surface area contributed by atoms with Crippen LogP contribution in [0.3, 0.4) is 0 Å². The van der Waals surface area contributed by atoms with E-state index in [9.17, 15) is 9.90 Å². The molecule has 4 heteroatoms. The second-order valence-corrected chi connectivity index (χ2v) is 3.50. The molecule has 2 N–H and O–H groups in total. The fraction of sp³-hybridized carbons (Fsp3) is 0.833. The van der Waals surface area contributed by atoms with E-state index in [0.717, 1.165) is 19.3 Å². The molecule has 0 aromatic heterocycles. The maximum Gasteiger partial charge on any atom is 0.280 e. The highest BCUT2D eigenvalue weighted by Crippen LogP contribution is 2.18. The molecule has 1 fully saturated rings. The number of nitrogens with one attached hydrogen (secondary N) is 1. The number of carbonyl (C=O) groups excluding carboxylic acids is 1. The average molecular weight is 255 g/mol. The standard InChI is InChI=1S/C6H10INO2/c7-6(10)8-4-2-1-3-5(4)9/h4-5,9H,1-3H2,(H,8,10)/t4-,5+/m1/s1. The lowest BCUT2D eigenvalue weighted by Crippen LogP contribution is -2.36. The third kappa shape index (κ3) is 2.09. The topological polar surface area (TPSA) is 49.3 Å². The molecule has 1 rings (SSSR count). The first-order chi connectivity index (χ1) is 4.70. The van der Waals surface area contributed by atoms with Gasteiger partial charge in [-0.1, -0.05) is 0 Å². The molecule has 0 unspecified atom stereocenters. The van der Waals surface area contributed by atoms with Gasteiger partial charge >= 0.3 is 0 Å². The molecule has 0 radical (unpaired) electrons. The Labute approximate surface area is 73.3 Å². The van der Waals surface area contributed by atoms with E-state index in [1.54, 1.807) is 22.6 Å². The Morgan fingerprint density at radius 2 is 2.30 bits per heavy atom. The number of hydrogen-bond acceptors (Lipinski definition) is 2. The summed E-state index contributed by atoms with van der Waals surface area (Å²) in [6.07, 6.45) is 2.43. The molecule has 1 aliphatic carbocycles. The van der Waals surface area contributed by atoms with Gasteiger partial charge in [-0.3, -0.25) is 4.79 Å². The van der Waals surface area contributed by atoms with Crippen molar-refractivity contribution in [3.05, 3.63) is 0 Å². The summed E-state index contributed by atoms with van der Waals surface area (Å²) in [5.74, 6) is 0. The third-order valence-electron chi connectivity index (χ3n) is 1.78. The van der Waals surface area contributed by atoms with Crippen molar-refractivity contribution in [2.24, 2.45) is 0 Å². The molecule has 0 spiro atoms. The van der Waals surface area contributed by atoms with E-state index < -0.39 is 0 Å². The molecule has 0 saturated heterocycles. The van der Waals surface area contributed by atoms with E-state index in [0.29, 0.717) is 0 Å². The lowest BCUT2D eigenvalue weighted by molar-refractivity contribution is 0.153. The number of rotatable bonds is 1. The summed E-state index contributed by atoms with van der Waals surface area (Å²) in [7, 11) is 0. The molecule has 1 aliphatic rings. The van der Waals surface area contributed by atoms with Gasteiger partial charge in [-0.05, 0) is 19.3 Å². The van der Waals surface area contributed by atoms with Crippen molar-refractivity contribution in [3.63, 3.8) is 0 Å². The monoisotopic (exact) mass is 255 g/mol. The summed E-state index contributed by atoms with van der Waals surface area (Å²) in [6.45, 7) is 0. The molecule has 1 saturated carbocycles. The minimum Gasteiger partial charge on any atom is -0.391 e. The lowest BCUT2D eigenvalue weighted by Gasteiger charge is -2.13. The predicted octanol–water partition coefficient (Wildman–Crippen LogP) is 1.04. The summed E-state index contributed by atoms with van der Waals surface area (Å²) in [4.78, 5) is 10.5. The van der Waals surface area contributed by atoms with Gasteiger partial charge in [0.15, 0.2) is 0 Å². The number of hydrogen-bond donors (Lipinski definition) is 2. The minimum absolute atomic E-state index is 0.00407. The molecule has 3 nitrogen and oxygen atoms in total. The summed E-state index contributed by atoms with van der Waals surface area (Å²) in [5, 5.41) is 11.9. The quantitative estimate of drug-likeness (QED) is 0.418. The fourth-order valence-electron chi connectivity index (χ4n) is 1.25. The van der Waals surface area contributed by atoms with Gasteiger partial charge in [0.2, 0.25) is 0 Å². The third-order valence-corrected chi connectivity index (χ3v) is 2.09. The van der Waals surface area contributed by atoms with Crippen LogP contribution in [0.25, 0.3) is 0 Å². The van der Waals surface area contributed by atoms with Crippen LogP contribution in [0.5, 0.6) is 0 Å². The van der Waals surface area contributed by atoms with Crippen LogP contribution in [0.1, 0.15) is 19.3 Å². The lowest BCUT2D eigenvalue weighted by atomic mass is 10.2. The molecule has 58 valence electrons. The number of carbonyl (C=O) groups is 1. The van der Waals surface area contributed by atoms with E-state index in [-0.39, 0.29) is 16.1 Å². The molecule has 2 atom stereocenters. The van der Waals surface area contributed by atoms with E-state index in [1.807, 2.05) is 0 Å². The van der Waals surface area contributed by atoms with Gasteiger partial charge in [0, 0.05) is 22.6 Å². The maximum atomic E-state index is 10.5. The summed E-state index contributed by atoms with van der Waals surface area (Å²) < 4.78 is -0.0800. The van der Waals surface area contributed by atoms with E-state index in [4.69, 9.17) is 0 Å². The van der Waals surface area contributed by atoms with Crippen molar-refractivity contribution in [2.45, 2.75) is 31.4 Å². The van der Waals surface area contributed by atoms with Crippen LogP contribution >= 0.6 is 22.6 Å². The highest BCUT2D eigenvalue weighted by Gasteiger charge is 2.25. The maximum absolute atomic E-state index is 10.5. The molecule has 0 heterocycles. The zero-order valence-electron chi connectivity index (χ0n) is 5.51. The van der Waals surface area contributed by atoms with Crippen molar-refractivity contribution in [3.8, 4) is 0 Å². The second kappa shape index (κ2) is 3.52. The van der Waals surface area contributed by atoms with E-state index in [2.05, 4.69) is 5.32 Å². The molecular weight excluding hydrogens is 245 g/mol. The Hall–Kier alpha value is 0.160. The Kier molecular flexibility index (Phi) is 2.91. The first kappa shape index (κ1) is 8.26. The molecule has 10 heavy (non-hydrogen) atoms. The molecule has 1 amide bonds. The molecule has 0 aliphatic heterocycles. The average Bonchev–Trinajstić information content (AvgIpc) is 2.15. The van der Waals surface area contributed by atoms with Crippen LogP contribution < -0.4 is 5.32 Å². The van der Waals surface area contributed by atoms with Crippen LogP contribution in [-0.4, -0.2) is 21.2 Å². The SMILES string of the molecule is O=C(I)N[C@@H]1CCC[C@@H]1O. The highest BCUT2D eigenvalue weighted by atomic mass is 127. The van der Waals surface area contributed by atoms with E-state index in [1.165, 1.54) is 0 Å². The number of aliphatic hydroxyl groups excluding tert-OH is 1. The van der Waals surface area contributed by atoms with Gasteiger partial charge < -0.3 is 10.4 Å². The normalized spacial score (nSPS) is 32.2. The van der Waals surface area contributed by atoms with Crippen molar-refractivity contribution >= 4 is 26.5 Å². The first-order valence-corrected chi connectivity index (χ1v) is 4.42. The summed E-state index contributed by atoms with van der Waals surface area (Å²) >= 11 is 1.68. The summed E-state index contributed by atoms with van der Waals surface area (Å²) in [6, 6.07) is 0.00407. The molecular formula is C6H10INO2. The Bertz CT molecular complexity index is 140. The van der Waals surface area contributed by atoms with Gasteiger partial charge in [-0.25, -0.2) is 0 Å². The van der Waals surface area contributed by atoms with Crippen LogP contribution in [0.4, 0.5) is 4.79 Å². The Balaban J connectivity index is 2.33. The largest absolute Gasteiger partial charge is 0.391 e. The number of amides is 1. The van der Waals surface area contributed by atoms with Gasteiger partial charge in [-0.15, -0.1) is 0 Å². The fourth-order valence-corrected chi connectivity index (χ4v) is 1.65. The van der Waals surface area contributed by atoms with Gasteiger partial charge in [0.05, 0.1) is 12.1 Å². The van der Waals surface area contributed by atoms with Crippen LogP contribution in [0, 0.1) is 0 Å². The Morgan fingerprint density at radius 3 is 2.70 bits per heavy atom. The second-order valence-electron chi connectivity index (χ2n) is 2.52. The van der Waals surface area contributed by atoms with Crippen LogP contribution in [-0.2, 0) is 0 Å². The minimum atomic E-state index is -0.321. The van der Waals surface area contributed by atoms with E-state index >= 15 is 0 Å². The zero-order valence-corrected chi connectivity index (χ0v) is 7.67. The zero-order chi connectivity index (χ0) is 7.56. The van der Waals surface area contributed by atoms with Gasteiger partial charge in [0.25, 0.3) is 3.91 Å². The van der Waals surface area contributed by atoms with Crippen molar-refractivity contribution in [1.82, 2.24) is 5.32 Å². The molecule has 0 aromatic rings. The predicted molar refractivity (Wildman–Crippen MR) is 46.2 cm³/mol.